The Balaban J connectivity index is 1.95. The number of carbonyl (C=O) groups is 1. The van der Waals surface area contributed by atoms with Gasteiger partial charge in [0.1, 0.15) is 5.82 Å². The van der Waals surface area contributed by atoms with Crippen LogP contribution in [0.15, 0.2) is 0 Å². The number of hydrogen-bond acceptors (Lipinski definition) is 3. The lowest BCUT2D eigenvalue weighted by atomic mass is 10.1. The number of rotatable bonds is 5. The van der Waals surface area contributed by atoms with E-state index in [0.29, 0.717) is 12.5 Å². The molecule has 0 spiro atoms. The minimum Gasteiger partial charge on any atom is -0.311 e. The summed E-state index contributed by atoms with van der Waals surface area (Å²) < 4.78 is 1.78. The van der Waals surface area contributed by atoms with Gasteiger partial charge >= 0.3 is 0 Å². The molecule has 124 valence electrons. The van der Waals surface area contributed by atoms with E-state index in [1.165, 1.54) is 25.7 Å². The van der Waals surface area contributed by atoms with Crippen LogP contribution in [0, 0.1) is 6.92 Å². The molecule has 1 fully saturated rings. The van der Waals surface area contributed by atoms with Gasteiger partial charge in [-0.2, -0.15) is 5.10 Å². The maximum Gasteiger partial charge on any atom is 0.227 e. The molecule has 22 heavy (non-hydrogen) atoms. The van der Waals surface area contributed by atoms with Gasteiger partial charge in [-0.25, -0.2) is 0 Å². The first-order valence-corrected chi connectivity index (χ1v) is 8.59. The molecule has 0 aliphatic carbocycles. The molecule has 1 aliphatic heterocycles. The van der Waals surface area contributed by atoms with E-state index in [1.807, 2.05) is 14.0 Å². The van der Waals surface area contributed by atoms with Crippen LogP contribution in [0.4, 0.5) is 5.82 Å². The van der Waals surface area contributed by atoms with Crippen LogP contribution in [0.25, 0.3) is 0 Å². The Morgan fingerprint density at radius 3 is 2.50 bits per heavy atom. The molecule has 1 amide bonds. The molecule has 1 aromatic rings. The summed E-state index contributed by atoms with van der Waals surface area (Å²) in [6.07, 6.45) is 6.59. The third-order valence-corrected chi connectivity index (χ3v) is 4.70. The van der Waals surface area contributed by atoms with Crippen LogP contribution < -0.4 is 5.32 Å². The molecule has 2 heterocycles. The number of nitrogens with one attached hydrogen (secondary N) is 1. The van der Waals surface area contributed by atoms with Crippen molar-refractivity contribution in [3.8, 4) is 0 Å². The second-order valence-corrected chi connectivity index (χ2v) is 6.44. The van der Waals surface area contributed by atoms with E-state index in [9.17, 15) is 4.79 Å². The highest BCUT2D eigenvalue weighted by Gasteiger charge is 2.20. The number of carbonyl (C=O) groups excluding carboxylic acids is 1. The molecule has 1 saturated heterocycles. The normalized spacial score (nSPS) is 18.0. The molecule has 0 saturated carbocycles. The fraction of sp³-hybridized carbons (Fsp3) is 0.765. The van der Waals surface area contributed by atoms with E-state index in [1.54, 1.807) is 4.68 Å². The molecule has 0 radical (unpaired) electrons. The Hall–Kier alpha value is -1.36. The summed E-state index contributed by atoms with van der Waals surface area (Å²) >= 11 is 0. The van der Waals surface area contributed by atoms with Crippen LogP contribution >= 0.6 is 0 Å². The second kappa shape index (κ2) is 7.77. The van der Waals surface area contributed by atoms with Crippen LogP contribution in [0.1, 0.15) is 57.2 Å². The number of aromatic nitrogens is 2. The van der Waals surface area contributed by atoms with E-state index in [4.69, 9.17) is 0 Å². The first-order chi connectivity index (χ1) is 10.5. The number of aryl methyl sites for hydroxylation is 2. The van der Waals surface area contributed by atoms with Crippen LogP contribution in [0.3, 0.4) is 0 Å². The first kappa shape index (κ1) is 17.0. The van der Waals surface area contributed by atoms with Gasteiger partial charge in [0, 0.05) is 25.1 Å². The largest absolute Gasteiger partial charge is 0.311 e. The molecule has 5 nitrogen and oxygen atoms in total. The average Bonchev–Trinajstić information content (AvgIpc) is 2.68. The van der Waals surface area contributed by atoms with Crippen LogP contribution in [0.2, 0.25) is 0 Å². The Morgan fingerprint density at radius 1 is 1.27 bits per heavy atom. The zero-order valence-electron chi connectivity index (χ0n) is 14.5. The Morgan fingerprint density at radius 2 is 1.91 bits per heavy atom. The fourth-order valence-electron chi connectivity index (χ4n) is 3.40. The summed E-state index contributed by atoms with van der Waals surface area (Å²) in [6, 6.07) is 0.303. The first-order valence-electron chi connectivity index (χ1n) is 8.59. The summed E-state index contributed by atoms with van der Waals surface area (Å²) in [6.45, 7) is 8.51. The van der Waals surface area contributed by atoms with Gasteiger partial charge in [-0.05, 0) is 46.2 Å². The number of likely N-dealkylation sites (tertiary alicyclic amines) is 1. The molecule has 5 heteroatoms. The maximum atomic E-state index is 12.4. The molecular weight excluding hydrogens is 276 g/mol. The highest BCUT2D eigenvalue weighted by Crippen LogP contribution is 2.20. The molecule has 0 bridgehead atoms. The topological polar surface area (TPSA) is 50.2 Å². The molecule has 1 aromatic heterocycles. The molecular formula is C17H30N4O. The summed E-state index contributed by atoms with van der Waals surface area (Å²) in [5.74, 6) is 0.947. The van der Waals surface area contributed by atoms with Crippen molar-refractivity contribution in [2.24, 2.45) is 7.05 Å². The lowest BCUT2D eigenvalue weighted by Gasteiger charge is -2.27. The van der Waals surface area contributed by atoms with Crippen molar-refractivity contribution in [3.05, 3.63) is 11.3 Å². The molecule has 0 aromatic carbocycles. The Kier molecular flexibility index (Phi) is 6.00. The SMILES string of the molecule is CCc1c(C)nn(C)c1NC(=O)CC(C)N1CCCCCC1. The van der Waals surface area contributed by atoms with Crippen molar-refractivity contribution in [1.29, 1.82) is 0 Å². The highest BCUT2D eigenvalue weighted by molar-refractivity contribution is 5.91. The van der Waals surface area contributed by atoms with Gasteiger partial charge in [0.25, 0.3) is 0 Å². The fourth-order valence-corrected chi connectivity index (χ4v) is 3.40. The quantitative estimate of drug-likeness (QED) is 0.910. The molecule has 1 aliphatic rings. The van der Waals surface area contributed by atoms with Gasteiger partial charge < -0.3 is 10.2 Å². The van der Waals surface area contributed by atoms with Gasteiger partial charge in [0.05, 0.1) is 5.69 Å². The van der Waals surface area contributed by atoms with Crippen molar-refractivity contribution >= 4 is 11.7 Å². The van der Waals surface area contributed by atoms with Gasteiger partial charge in [0.15, 0.2) is 0 Å². The molecule has 1 N–H and O–H groups in total. The predicted molar refractivity (Wildman–Crippen MR) is 90.1 cm³/mol. The van der Waals surface area contributed by atoms with Crippen molar-refractivity contribution in [2.45, 2.75) is 65.3 Å². The van der Waals surface area contributed by atoms with E-state index >= 15 is 0 Å². The Labute approximate surface area is 134 Å². The maximum absolute atomic E-state index is 12.4. The number of hydrogen-bond donors (Lipinski definition) is 1. The zero-order valence-corrected chi connectivity index (χ0v) is 14.5. The van der Waals surface area contributed by atoms with Crippen molar-refractivity contribution in [3.63, 3.8) is 0 Å². The van der Waals surface area contributed by atoms with Gasteiger partial charge in [-0.15, -0.1) is 0 Å². The summed E-state index contributed by atoms with van der Waals surface area (Å²) in [5, 5.41) is 7.48. The monoisotopic (exact) mass is 306 g/mol. The van der Waals surface area contributed by atoms with E-state index in [2.05, 4.69) is 29.2 Å². The number of amides is 1. The predicted octanol–water partition coefficient (Wildman–Crippen LogP) is 2.88. The van der Waals surface area contributed by atoms with Gasteiger partial charge in [-0.1, -0.05) is 19.8 Å². The summed E-state index contributed by atoms with van der Waals surface area (Å²) in [4.78, 5) is 14.9. The van der Waals surface area contributed by atoms with Crippen LogP contribution in [0.5, 0.6) is 0 Å². The van der Waals surface area contributed by atoms with E-state index in [-0.39, 0.29) is 5.91 Å². The van der Waals surface area contributed by atoms with Crippen molar-refractivity contribution < 1.29 is 4.79 Å². The van der Waals surface area contributed by atoms with E-state index < -0.39 is 0 Å². The smallest absolute Gasteiger partial charge is 0.227 e. The number of nitrogens with zero attached hydrogens (tertiary/aromatic N) is 3. The van der Waals surface area contributed by atoms with E-state index in [0.717, 1.165) is 36.6 Å². The van der Waals surface area contributed by atoms with Crippen molar-refractivity contribution in [1.82, 2.24) is 14.7 Å². The van der Waals surface area contributed by atoms with Crippen LogP contribution in [-0.2, 0) is 18.3 Å². The lowest BCUT2D eigenvalue weighted by molar-refractivity contribution is -0.117. The Bertz CT molecular complexity index is 501. The molecule has 1 atom stereocenters. The lowest BCUT2D eigenvalue weighted by Crippen LogP contribution is -2.36. The zero-order chi connectivity index (χ0) is 16.1. The van der Waals surface area contributed by atoms with Crippen molar-refractivity contribution in [2.75, 3.05) is 18.4 Å². The highest BCUT2D eigenvalue weighted by atomic mass is 16.1. The molecule has 1 unspecified atom stereocenters. The average molecular weight is 306 g/mol. The standard InChI is InChI=1S/C17H30N4O/c1-5-15-14(3)19-20(4)17(15)18-16(22)12-13(2)21-10-8-6-7-9-11-21/h13H,5-12H2,1-4H3,(H,18,22). The summed E-state index contributed by atoms with van der Waals surface area (Å²) in [5.41, 5.74) is 2.14. The minimum atomic E-state index is 0.0921. The van der Waals surface area contributed by atoms with Gasteiger partial charge in [0.2, 0.25) is 5.91 Å². The third kappa shape index (κ3) is 4.09. The van der Waals surface area contributed by atoms with Gasteiger partial charge in [-0.3, -0.25) is 9.48 Å². The third-order valence-electron chi connectivity index (χ3n) is 4.70. The summed E-state index contributed by atoms with van der Waals surface area (Å²) in [7, 11) is 1.89. The number of anilines is 1. The second-order valence-electron chi connectivity index (χ2n) is 6.44. The minimum absolute atomic E-state index is 0.0921. The van der Waals surface area contributed by atoms with Crippen LogP contribution in [-0.4, -0.2) is 39.7 Å². The molecule has 2 rings (SSSR count).